The number of carbonyl (C=O) groups excluding carboxylic acids is 1. The van der Waals surface area contributed by atoms with Gasteiger partial charge in [-0.25, -0.2) is 4.79 Å². The van der Waals surface area contributed by atoms with Crippen LogP contribution in [0.25, 0.3) is 0 Å². The van der Waals surface area contributed by atoms with E-state index >= 15 is 0 Å². The molecule has 0 unspecified atom stereocenters. The summed E-state index contributed by atoms with van der Waals surface area (Å²) in [6.45, 7) is 7.58. The van der Waals surface area contributed by atoms with Gasteiger partial charge >= 0.3 is 6.03 Å². The number of hydrogen-bond donors (Lipinski definition) is 2. The molecule has 0 aromatic heterocycles. The van der Waals surface area contributed by atoms with E-state index in [0.29, 0.717) is 0 Å². The van der Waals surface area contributed by atoms with Crippen LogP contribution in [0.15, 0.2) is 24.3 Å². The Bertz CT molecular complexity index is 510. The maximum absolute atomic E-state index is 12.4. The van der Waals surface area contributed by atoms with Gasteiger partial charge in [0.15, 0.2) is 0 Å². The molecule has 0 aliphatic carbocycles. The summed E-state index contributed by atoms with van der Waals surface area (Å²) in [5.74, 6) is 0.239. The lowest BCUT2D eigenvalue weighted by Gasteiger charge is -2.35. The van der Waals surface area contributed by atoms with Gasteiger partial charge in [-0.2, -0.15) is 0 Å². The van der Waals surface area contributed by atoms with Crippen LogP contribution in [-0.4, -0.2) is 79.2 Å². The van der Waals surface area contributed by atoms with Gasteiger partial charge in [-0.1, -0.05) is 12.1 Å². The first kappa shape index (κ1) is 18.5. The van der Waals surface area contributed by atoms with Crippen molar-refractivity contribution in [2.24, 2.45) is 0 Å². The minimum Gasteiger partial charge on any atom is -0.508 e. The molecule has 2 amide bonds. The molecule has 1 aliphatic heterocycles. The number of piperazine rings is 1. The van der Waals surface area contributed by atoms with Crippen LogP contribution in [0, 0.1) is 0 Å². The Morgan fingerprint density at radius 2 is 1.83 bits per heavy atom. The highest BCUT2D eigenvalue weighted by atomic mass is 16.3. The number of phenols is 1. The Kier molecular flexibility index (Phi) is 6.87. The monoisotopic (exact) mass is 334 g/mol. The van der Waals surface area contributed by atoms with Gasteiger partial charge in [0.1, 0.15) is 5.75 Å². The molecule has 0 radical (unpaired) electrons. The molecule has 0 bridgehead atoms. The number of hydrogen-bond acceptors (Lipinski definition) is 4. The number of benzene rings is 1. The molecule has 0 spiro atoms. The number of nitrogens with one attached hydrogen (secondary N) is 1. The lowest BCUT2D eigenvalue weighted by Crippen LogP contribution is -2.52. The summed E-state index contributed by atoms with van der Waals surface area (Å²) in [6.07, 6.45) is 1.16. The van der Waals surface area contributed by atoms with Gasteiger partial charge in [0.2, 0.25) is 0 Å². The van der Waals surface area contributed by atoms with Crippen LogP contribution in [0.3, 0.4) is 0 Å². The van der Waals surface area contributed by atoms with Gasteiger partial charge in [-0.3, -0.25) is 4.90 Å². The van der Waals surface area contributed by atoms with E-state index in [9.17, 15) is 9.90 Å². The molecule has 1 fully saturated rings. The summed E-state index contributed by atoms with van der Waals surface area (Å²) in [5, 5.41) is 12.4. The highest BCUT2D eigenvalue weighted by Gasteiger charge is 2.22. The van der Waals surface area contributed by atoms with Crippen molar-refractivity contribution >= 4 is 6.03 Å². The summed E-state index contributed by atoms with van der Waals surface area (Å²) < 4.78 is 0. The first-order valence-electron chi connectivity index (χ1n) is 8.67. The average molecular weight is 334 g/mol. The largest absolute Gasteiger partial charge is 0.508 e. The van der Waals surface area contributed by atoms with E-state index in [-0.39, 0.29) is 17.8 Å². The van der Waals surface area contributed by atoms with Crippen LogP contribution in [0.2, 0.25) is 0 Å². The summed E-state index contributed by atoms with van der Waals surface area (Å²) in [4.78, 5) is 18.9. The fraction of sp³-hybridized carbons (Fsp3) is 0.611. The van der Waals surface area contributed by atoms with Crippen LogP contribution in [-0.2, 0) is 0 Å². The molecule has 6 heteroatoms. The van der Waals surface area contributed by atoms with Gasteiger partial charge in [0.25, 0.3) is 0 Å². The third-order valence-electron chi connectivity index (χ3n) is 4.47. The molecule has 24 heavy (non-hydrogen) atoms. The topological polar surface area (TPSA) is 59.1 Å². The summed E-state index contributed by atoms with van der Waals surface area (Å²) in [7, 11) is 4.19. The van der Waals surface area contributed by atoms with Gasteiger partial charge in [0, 0.05) is 26.2 Å². The third-order valence-corrected chi connectivity index (χ3v) is 4.47. The molecule has 1 saturated heterocycles. The maximum atomic E-state index is 12.4. The quantitative estimate of drug-likeness (QED) is 0.832. The van der Waals surface area contributed by atoms with Crippen molar-refractivity contribution in [1.29, 1.82) is 0 Å². The Morgan fingerprint density at radius 3 is 2.42 bits per heavy atom. The van der Waals surface area contributed by atoms with Crippen molar-refractivity contribution < 1.29 is 9.90 Å². The van der Waals surface area contributed by atoms with Crippen molar-refractivity contribution in [1.82, 2.24) is 20.0 Å². The summed E-state index contributed by atoms with van der Waals surface area (Å²) in [6, 6.07) is 6.88. The predicted molar refractivity (Wildman–Crippen MR) is 96.2 cm³/mol. The number of nitrogens with zero attached hydrogens (tertiary/aromatic N) is 3. The summed E-state index contributed by atoms with van der Waals surface area (Å²) >= 11 is 0. The molecular formula is C18H30N4O2. The number of phenolic OH excluding ortho intramolecular Hbond substituents is 1. The standard InChI is InChI=1S/C18H30N4O2/c1-15(16-5-7-17(23)8-6-16)19-18(24)22-13-11-21(12-14-22)10-4-9-20(2)3/h5-8,15,23H,4,9-14H2,1-3H3,(H,19,24)/t15-/m0/s1. The van der Waals surface area contributed by atoms with E-state index in [4.69, 9.17) is 0 Å². The van der Waals surface area contributed by atoms with Gasteiger partial charge in [-0.15, -0.1) is 0 Å². The average Bonchev–Trinajstić information content (AvgIpc) is 2.55. The first-order chi connectivity index (χ1) is 11.5. The predicted octanol–water partition coefficient (Wildman–Crippen LogP) is 1.73. The van der Waals surface area contributed by atoms with E-state index < -0.39 is 0 Å². The fourth-order valence-electron chi connectivity index (χ4n) is 2.91. The molecule has 1 atom stereocenters. The summed E-state index contributed by atoms with van der Waals surface area (Å²) in [5.41, 5.74) is 0.989. The zero-order chi connectivity index (χ0) is 17.5. The van der Waals surface area contributed by atoms with E-state index in [1.807, 2.05) is 24.0 Å². The van der Waals surface area contributed by atoms with E-state index in [2.05, 4.69) is 29.2 Å². The molecular weight excluding hydrogens is 304 g/mol. The lowest BCUT2D eigenvalue weighted by molar-refractivity contribution is 0.135. The van der Waals surface area contributed by atoms with Gasteiger partial charge < -0.3 is 20.2 Å². The second-order valence-electron chi connectivity index (χ2n) is 6.75. The second kappa shape index (κ2) is 8.89. The van der Waals surface area contributed by atoms with E-state index in [1.165, 1.54) is 0 Å². The van der Waals surface area contributed by atoms with Gasteiger partial charge in [-0.05, 0) is 58.2 Å². The van der Waals surface area contributed by atoms with Crippen molar-refractivity contribution in [2.75, 3.05) is 53.4 Å². The van der Waals surface area contributed by atoms with E-state index in [1.54, 1.807) is 12.1 Å². The first-order valence-corrected chi connectivity index (χ1v) is 8.67. The Hall–Kier alpha value is -1.79. The molecule has 1 aliphatic rings. The third kappa shape index (κ3) is 5.69. The minimum absolute atomic E-state index is 0.0106. The Balaban J connectivity index is 1.73. The van der Waals surface area contributed by atoms with Crippen LogP contribution in [0.1, 0.15) is 24.9 Å². The smallest absolute Gasteiger partial charge is 0.317 e. The number of carbonyl (C=O) groups is 1. The van der Waals surface area contributed by atoms with Crippen LogP contribution < -0.4 is 5.32 Å². The number of rotatable bonds is 6. The highest BCUT2D eigenvalue weighted by Crippen LogP contribution is 2.16. The minimum atomic E-state index is -0.0729. The van der Waals surface area contributed by atoms with Crippen LogP contribution >= 0.6 is 0 Å². The zero-order valence-corrected chi connectivity index (χ0v) is 15.0. The number of aromatic hydroxyl groups is 1. The molecule has 2 rings (SSSR count). The van der Waals surface area contributed by atoms with Crippen molar-refractivity contribution in [3.05, 3.63) is 29.8 Å². The number of urea groups is 1. The van der Waals surface area contributed by atoms with Crippen LogP contribution in [0.4, 0.5) is 4.79 Å². The van der Waals surface area contributed by atoms with E-state index in [0.717, 1.165) is 51.3 Å². The lowest BCUT2D eigenvalue weighted by atomic mass is 10.1. The molecule has 1 heterocycles. The van der Waals surface area contributed by atoms with Crippen molar-refractivity contribution in [3.8, 4) is 5.75 Å². The second-order valence-corrected chi connectivity index (χ2v) is 6.75. The molecule has 2 N–H and O–H groups in total. The molecule has 6 nitrogen and oxygen atoms in total. The normalized spacial score (nSPS) is 17.1. The van der Waals surface area contributed by atoms with Crippen molar-refractivity contribution in [3.63, 3.8) is 0 Å². The molecule has 1 aromatic rings. The van der Waals surface area contributed by atoms with Crippen molar-refractivity contribution in [2.45, 2.75) is 19.4 Å². The Labute approximate surface area is 145 Å². The molecule has 0 saturated carbocycles. The Morgan fingerprint density at radius 1 is 1.21 bits per heavy atom. The van der Waals surface area contributed by atoms with Crippen LogP contribution in [0.5, 0.6) is 5.75 Å². The zero-order valence-electron chi connectivity index (χ0n) is 15.0. The highest BCUT2D eigenvalue weighted by molar-refractivity contribution is 5.74. The fourth-order valence-corrected chi connectivity index (χ4v) is 2.91. The number of amides is 2. The molecule has 134 valence electrons. The SMILES string of the molecule is C[C@H](NC(=O)N1CCN(CCCN(C)C)CC1)c1ccc(O)cc1. The molecule has 1 aromatic carbocycles. The maximum Gasteiger partial charge on any atom is 0.317 e. The van der Waals surface area contributed by atoms with Gasteiger partial charge in [0.05, 0.1) is 6.04 Å².